The molecule has 1 saturated heterocycles. The number of likely N-dealkylation sites (tertiary alicyclic amines) is 1. The Morgan fingerprint density at radius 2 is 2.03 bits per heavy atom. The SMILES string of the molecule is CC1=CC(N2CC[C@H](C)[C@H]2c2nc3cc(Cl)c(C)cc3[nH]2)=C(c2ccccn2)CC1. The minimum Gasteiger partial charge on any atom is -0.361 e. The van der Waals surface area contributed by atoms with E-state index in [-0.39, 0.29) is 6.04 Å². The third-order valence-electron chi connectivity index (χ3n) is 6.51. The summed E-state index contributed by atoms with van der Waals surface area (Å²) in [5.41, 5.74) is 8.23. The molecule has 0 unspecified atom stereocenters. The molecule has 154 valence electrons. The molecule has 1 aliphatic carbocycles. The maximum absolute atomic E-state index is 6.35. The number of H-pyrrole nitrogens is 1. The Morgan fingerprint density at radius 3 is 2.83 bits per heavy atom. The lowest BCUT2D eigenvalue weighted by Gasteiger charge is -2.32. The smallest absolute Gasteiger partial charge is 0.130 e. The first kappa shape index (κ1) is 19.4. The number of benzene rings is 1. The zero-order valence-electron chi connectivity index (χ0n) is 17.7. The van der Waals surface area contributed by atoms with E-state index in [9.17, 15) is 0 Å². The molecule has 4 nitrogen and oxygen atoms in total. The van der Waals surface area contributed by atoms with Gasteiger partial charge in [-0.25, -0.2) is 4.98 Å². The van der Waals surface area contributed by atoms with Gasteiger partial charge in [-0.05, 0) is 74.9 Å². The van der Waals surface area contributed by atoms with E-state index in [1.165, 1.54) is 16.8 Å². The fourth-order valence-electron chi connectivity index (χ4n) is 4.83. The second kappa shape index (κ2) is 7.59. The van der Waals surface area contributed by atoms with Crippen molar-refractivity contribution in [2.45, 2.75) is 46.1 Å². The van der Waals surface area contributed by atoms with Crippen LogP contribution < -0.4 is 0 Å². The molecule has 0 amide bonds. The summed E-state index contributed by atoms with van der Waals surface area (Å²) in [6.45, 7) is 7.62. The molecular formula is C25H27ClN4. The summed E-state index contributed by atoms with van der Waals surface area (Å²) in [7, 11) is 0. The summed E-state index contributed by atoms with van der Waals surface area (Å²) >= 11 is 6.35. The van der Waals surface area contributed by atoms with Crippen LogP contribution in [0.25, 0.3) is 16.6 Å². The fourth-order valence-corrected chi connectivity index (χ4v) is 4.99. The van der Waals surface area contributed by atoms with Gasteiger partial charge in [0.1, 0.15) is 5.82 Å². The lowest BCUT2D eigenvalue weighted by molar-refractivity contribution is 0.291. The molecule has 0 spiro atoms. The molecule has 3 aromatic rings. The van der Waals surface area contributed by atoms with Crippen LogP contribution in [0.2, 0.25) is 5.02 Å². The van der Waals surface area contributed by atoms with Crippen LogP contribution in [0.15, 0.2) is 53.9 Å². The summed E-state index contributed by atoms with van der Waals surface area (Å²) in [5.74, 6) is 1.54. The highest BCUT2D eigenvalue weighted by Crippen LogP contribution is 2.43. The second-order valence-corrected chi connectivity index (χ2v) is 9.12. The molecule has 0 saturated carbocycles. The number of rotatable bonds is 3. The van der Waals surface area contributed by atoms with Crippen molar-refractivity contribution in [3.05, 3.63) is 76.0 Å². The number of nitrogens with zero attached hydrogens (tertiary/aromatic N) is 3. The number of nitrogens with one attached hydrogen (secondary N) is 1. The van der Waals surface area contributed by atoms with Gasteiger partial charge in [0.2, 0.25) is 0 Å². The maximum atomic E-state index is 6.35. The van der Waals surface area contributed by atoms with Crippen LogP contribution in [-0.2, 0) is 0 Å². The summed E-state index contributed by atoms with van der Waals surface area (Å²) in [6, 6.07) is 10.5. The van der Waals surface area contributed by atoms with Crippen LogP contribution in [0, 0.1) is 12.8 Å². The number of hydrogen-bond acceptors (Lipinski definition) is 3. The minimum atomic E-state index is 0.215. The van der Waals surface area contributed by atoms with E-state index in [4.69, 9.17) is 16.6 Å². The van der Waals surface area contributed by atoms with E-state index >= 15 is 0 Å². The molecule has 3 heterocycles. The molecule has 2 atom stereocenters. The van der Waals surface area contributed by atoms with Gasteiger partial charge in [-0.1, -0.05) is 30.2 Å². The van der Waals surface area contributed by atoms with Gasteiger partial charge in [-0.2, -0.15) is 0 Å². The van der Waals surface area contributed by atoms with Crippen molar-refractivity contribution in [2.75, 3.05) is 6.54 Å². The third-order valence-corrected chi connectivity index (χ3v) is 6.91. The average molecular weight is 419 g/mol. The zero-order valence-corrected chi connectivity index (χ0v) is 18.5. The van der Waals surface area contributed by atoms with Crippen molar-refractivity contribution in [3.63, 3.8) is 0 Å². The van der Waals surface area contributed by atoms with Gasteiger partial charge in [0.05, 0.1) is 22.8 Å². The quantitative estimate of drug-likeness (QED) is 0.531. The highest BCUT2D eigenvalue weighted by Gasteiger charge is 2.37. The summed E-state index contributed by atoms with van der Waals surface area (Å²) in [6.07, 6.45) is 7.52. The molecule has 2 aromatic heterocycles. The van der Waals surface area contributed by atoms with Crippen molar-refractivity contribution in [3.8, 4) is 0 Å². The summed E-state index contributed by atoms with van der Waals surface area (Å²) in [5, 5.41) is 0.767. The Bertz CT molecular complexity index is 1120. The Balaban J connectivity index is 1.61. The van der Waals surface area contributed by atoms with E-state index in [1.807, 2.05) is 25.3 Å². The first-order valence-corrected chi connectivity index (χ1v) is 11.1. The molecule has 0 radical (unpaired) electrons. The number of imidazole rings is 1. The van der Waals surface area contributed by atoms with Crippen LogP contribution in [0.5, 0.6) is 0 Å². The topological polar surface area (TPSA) is 44.8 Å². The zero-order chi connectivity index (χ0) is 20.8. The fraction of sp³-hybridized carbons (Fsp3) is 0.360. The van der Waals surface area contributed by atoms with E-state index in [0.29, 0.717) is 5.92 Å². The van der Waals surface area contributed by atoms with E-state index < -0.39 is 0 Å². The average Bonchev–Trinajstić information content (AvgIpc) is 3.31. The number of fused-ring (bicyclic) bond motifs is 1. The standard InChI is InChI=1S/C25H27ClN4/c1-15-7-8-18(20-6-4-5-10-27-20)23(12-15)30-11-9-16(2)24(30)25-28-21-13-17(3)19(26)14-22(21)29-25/h4-6,10,12-14,16,24H,7-9,11H2,1-3H3,(H,28,29)/t16-,24-/m0/s1. The number of aromatic amines is 1. The minimum absolute atomic E-state index is 0.215. The van der Waals surface area contributed by atoms with Crippen LogP contribution >= 0.6 is 11.6 Å². The highest BCUT2D eigenvalue weighted by molar-refractivity contribution is 6.32. The van der Waals surface area contributed by atoms with E-state index in [2.05, 4.69) is 53.0 Å². The monoisotopic (exact) mass is 418 g/mol. The molecule has 5 rings (SSSR count). The summed E-state index contributed by atoms with van der Waals surface area (Å²) < 4.78 is 0. The van der Waals surface area contributed by atoms with Crippen LogP contribution in [0.1, 0.15) is 56.2 Å². The Hall–Kier alpha value is -2.59. The summed E-state index contributed by atoms with van der Waals surface area (Å²) in [4.78, 5) is 15.8. The second-order valence-electron chi connectivity index (χ2n) is 8.71. The largest absolute Gasteiger partial charge is 0.361 e. The van der Waals surface area contributed by atoms with Gasteiger partial charge in [-0.15, -0.1) is 0 Å². The van der Waals surface area contributed by atoms with Crippen LogP contribution in [0.3, 0.4) is 0 Å². The predicted octanol–water partition coefficient (Wildman–Crippen LogP) is 6.45. The van der Waals surface area contributed by atoms with Gasteiger partial charge >= 0.3 is 0 Å². The first-order chi connectivity index (χ1) is 14.5. The molecule has 1 N–H and O–H groups in total. The molecule has 5 heteroatoms. The van der Waals surface area contributed by atoms with Gasteiger partial charge < -0.3 is 9.88 Å². The van der Waals surface area contributed by atoms with Crippen molar-refractivity contribution in [1.82, 2.24) is 19.9 Å². The molecular weight excluding hydrogens is 392 g/mol. The number of aromatic nitrogens is 3. The third kappa shape index (κ3) is 3.33. The number of halogens is 1. The molecule has 2 aliphatic rings. The van der Waals surface area contributed by atoms with Crippen molar-refractivity contribution < 1.29 is 0 Å². The number of hydrogen-bond donors (Lipinski definition) is 1. The lowest BCUT2D eigenvalue weighted by atomic mass is 9.92. The van der Waals surface area contributed by atoms with Crippen molar-refractivity contribution in [2.24, 2.45) is 5.92 Å². The predicted molar refractivity (Wildman–Crippen MR) is 123 cm³/mol. The van der Waals surface area contributed by atoms with Crippen molar-refractivity contribution in [1.29, 1.82) is 0 Å². The molecule has 1 fully saturated rings. The highest BCUT2D eigenvalue weighted by atomic mass is 35.5. The van der Waals surface area contributed by atoms with Crippen LogP contribution in [0.4, 0.5) is 0 Å². The number of aryl methyl sites for hydroxylation is 1. The Kier molecular flexibility index (Phi) is 4.90. The molecule has 1 aliphatic heterocycles. The number of allylic oxidation sites excluding steroid dienone is 3. The Morgan fingerprint density at radius 1 is 1.17 bits per heavy atom. The Labute approximate surface area is 182 Å². The van der Waals surface area contributed by atoms with Crippen molar-refractivity contribution >= 4 is 28.2 Å². The lowest BCUT2D eigenvalue weighted by Crippen LogP contribution is -2.27. The maximum Gasteiger partial charge on any atom is 0.130 e. The van der Waals surface area contributed by atoms with Gasteiger partial charge in [0.25, 0.3) is 0 Å². The van der Waals surface area contributed by atoms with Gasteiger partial charge in [0, 0.05) is 29.0 Å². The van der Waals surface area contributed by atoms with Gasteiger partial charge in [-0.3, -0.25) is 4.98 Å². The molecule has 30 heavy (non-hydrogen) atoms. The van der Waals surface area contributed by atoms with Crippen LogP contribution in [-0.4, -0.2) is 26.4 Å². The molecule has 1 aromatic carbocycles. The number of pyridine rings is 1. The first-order valence-electron chi connectivity index (χ1n) is 10.8. The van der Waals surface area contributed by atoms with E-state index in [0.717, 1.165) is 58.9 Å². The molecule has 0 bridgehead atoms. The normalized spacial score (nSPS) is 22.1. The van der Waals surface area contributed by atoms with Gasteiger partial charge in [0.15, 0.2) is 0 Å². The van der Waals surface area contributed by atoms with E-state index in [1.54, 1.807) is 0 Å².